The van der Waals surface area contributed by atoms with E-state index >= 15 is 0 Å². The van der Waals surface area contributed by atoms with E-state index in [1.165, 1.54) is 6.07 Å². The predicted molar refractivity (Wildman–Crippen MR) is 96.4 cm³/mol. The van der Waals surface area contributed by atoms with Crippen LogP contribution in [0.2, 0.25) is 0 Å². The lowest BCUT2D eigenvalue weighted by atomic mass is 10.1. The minimum absolute atomic E-state index is 0.164. The summed E-state index contributed by atoms with van der Waals surface area (Å²) in [5, 5.41) is 10.2. The Kier molecular flexibility index (Phi) is 3.46. The standard InChI is InChI=1S/C20H18FN3O/c1-4-15-19-12(3)22-18-16(9-13(21)10-17(18)25)24(19)20(23-15)14-8-6-5-7-11(14)2/h5-10,25H,4H2,1-3H3. The molecule has 0 spiro atoms. The molecule has 0 atom stereocenters. The van der Waals surface area contributed by atoms with Crippen LogP contribution in [-0.4, -0.2) is 19.5 Å². The first kappa shape index (κ1) is 15.6. The summed E-state index contributed by atoms with van der Waals surface area (Å²) in [6.07, 6.45) is 0.741. The number of aromatic nitrogens is 3. The summed E-state index contributed by atoms with van der Waals surface area (Å²) >= 11 is 0. The average Bonchev–Trinajstić information content (AvgIpc) is 2.97. The molecule has 0 aliphatic heterocycles. The normalized spacial score (nSPS) is 11.5. The van der Waals surface area contributed by atoms with E-state index in [1.807, 2.05) is 49.4 Å². The van der Waals surface area contributed by atoms with Gasteiger partial charge >= 0.3 is 0 Å². The highest BCUT2D eigenvalue weighted by Gasteiger charge is 2.20. The Hall–Kier alpha value is -2.95. The molecule has 0 aliphatic rings. The lowest BCUT2D eigenvalue weighted by Gasteiger charge is -2.11. The van der Waals surface area contributed by atoms with Gasteiger partial charge in [-0.05, 0) is 25.8 Å². The highest BCUT2D eigenvalue weighted by molar-refractivity contribution is 5.87. The number of halogens is 1. The maximum atomic E-state index is 14.0. The van der Waals surface area contributed by atoms with Crippen LogP contribution >= 0.6 is 0 Å². The van der Waals surface area contributed by atoms with Gasteiger partial charge in [0.25, 0.3) is 0 Å². The molecule has 0 saturated heterocycles. The van der Waals surface area contributed by atoms with Crippen molar-refractivity contribution in [2.45, 2.75) is 27.2 Å². The van der Waals surface area contributed by atoms with Crippen LogP contribution in [0.5, 0.6) is 5.75 Å². The van der Waals surface area contributed by atoms with E-state index in [0.717, 1.165) is 46.3 Å². The van der Waals surface area contributed by atoms with Crippen LogP contribution in [0.15, 0.2) is 36.4 Å². The van der Waals surface area contributed by atoms with Gasteiger partial charge in [0.2, 0.25) is 0 Å². The van der Waals surface area contributed by atoms with Gasteiger partial charge in [-0.3, -0.25) is 4.40 Å². The summed E-state index contributed by atoms with van der Waals surface area (Å²) in [7, 11) is 0. The molecule has 0 saturated carbocycles. The highest BCUT2D eigenvalue weighted by atomic mass is 19.1. The Labute approximate surface area is 144 Å². The molecule has 5 heteroatoms. The van der Waals surface area contributed by atoms with Crippen molar-refractivity contribution in [1.29, 1.82) is 0 Å². The second kappa shape index (κ2) is 5.55. The van der Waals surface area contributed by atoms with E-state index in [4.69, 9.17) is 4.98 Å². The van der Waals surface area contributed by atoms with Crippen LogP contribution in [-0.2, 0) is 6.42 Å². The predicted octanol–water partition coefficient (Wildman–Crippen LogP) is 4.57. The maximum absolute atomic E-state index is 14.0. The zero-order valence-corrected chi connectivity index (χ0v) is 14.3. The van der Waals surface area contributed by atoms with E-state index in [-0.39, 0.29) is 5.75 Å². The molecule has 1 N–H and O–H groups in total. The SMILES string of the molecule is CCc1nc(-c2ccccc2C)n2c1c(C)nc1c(O)cc(F)cc12. The molecule has 0 radical (unpaired) electrons. The number of aromatic hydroxyl groups is 1. The second-order valence-corrected chi connectivity index (χ2v) is 6.22. The quantitative estimate of drug-likeness (QED) is 0.583. The summed E-state index contributed by atoms with van der Waals surface area (Å²) in [5.41, 5.74) is 5.50. The number of benzene rings is 2. The Balaban J connectivity index is 2.26. The van der Waals surface area contributed by atoms with E-state index in [1.54, 1.807) is 0 Å². The molecular formula is C20H18FN3O. The molecule has 126 valence electrons. The Bertz CT molecular complexity index is 1130. The summed E-state index contributed by atoms with van der Waals surface area (Å²) in [5.74, 6) is 0.0763. The molecule has 4 aromatic rings. The third-order valence-corrected chi connectivity index (χ3v) is 4.57. The molecule has 2 aromatic heterocycles. The van der Waals surface area contributed by atoms with Crippen molar-refractivity contribution in [2.75, 3.05) is 0 Å². The van der Waals surface area contributed by atoms with Crippen molar-refractivity contribution >= 4 is 16.6 Å². The fourth-order valence-corrected chi connectivity index (χ4v) is 3.40. The van der Waals surface area contributed by atoms with Crippen LogP contribution in [0.3, 0.4) is 0 Å². The first-order valence-electron chi connectivity index (χ1n) is 8.27. The van der Waals surface area contributed by atoms with Crippen molar-refractivity contribution in [2.24, 2.45) is 0 Å². The van der Waals surface area contributed by atoms with E-state index in [9.17, 15) is 9.50 Å². The fourth-order valence-electron chi connectivity index (χ4n) is 3.40. The fraction of sp³-hybridized carbons (Fsp3) is 0.200. The minimum atomic E-state index is -0.501. The molecule has 0 fully saturated rings. The maximum Gasteiger partial charge on any atom is 0.146 e. The first-order valence-corrected chi connectivity index (χ1v) is 8.27. The largest absolute Gasteiger partial charge is 0.505 e. The van der Waals surface area contributed by atoms with Crippen molar-refractivity contribution in [3.05, 3.63) is 59.2 Å². The Morgan fingerprint density at radius 2 is 1.88 bits per heavy atom. The van der Waals surface area contributed by atoms with Crippen LogP contribution in [0.25, 0.3) is 27.9 Å². The zero-order chi connectivity index (χ0) is 17.7. The first-order chi connectivity index (χ1) is 12.0. The number of fused-ring (bicyclic) bond motifs is 3. The average molecular weight is 335 g/mol. The van der Waals surface area contributed by atoms with E-state index in [2.05, 4.69) is 4.98 Å². The number of hydrogen-bond acceptors (Lipinski definition) is 3. The van der Waals surface area contributed by atoms with Crippen molar-refractivity contribution in [3.8, 4) is 17.1 Å². The second-order valence-electron chi connectivity index (χ2n) is 6.22. The van der Waals surface area contributed by atoms with Crippen molar-refractivity contribution in [1.82, 2.24) is 14.4 Å². The number of aryl methyl sites for hydroxylation is 3. The Morgan fingerprint density at radius 1 is 1.12 bits per heavy atom. The van der Waals surface area contributed by atoms with Gasteiger partial charge in [0.1, 0.15) is 22.9 Å². The molecule has 0 amide bonds. The molecule has 25 heavy (non-hydrogen) atoms. The van der Waals surface area contributed by atoms with Crippen molar-refractivity contribution < 1.29 is 9.50 Å². The number of imidazole rings is 1. The zero-order valence-electron chi connectivity index (χ0n) is 14.3. The topological polar surface area (TPSA) is 50.4 Å². The van der Waals surface area contributed by atoms with Crippen LogP contribution < -0.4 is 0 Å². The molecular weight excluding hydrogens is 317 g/mol. The van der Waals surface area contributed by atoms with Crippen LogP contribution in [0, 0.1) is 19.7 Å². The molecule has 2 aromatic carbocycles. The third-order valence-electron chi connectivity index (χ3n) is 4.57. The van der Waals surface area contributed by atoms with Gasteiger partial charge in [-0.25, -0.2) is 14.4 Å². The lowest BCUT2D eigenvalue weighted by Crippen LogP contribution is -1.99. The summed E-state index contributed by atoms with van der Waals surface area (Å²) in [6, 6.07) is 10.5. The van der Waals surface area contributed by atoms with E-state index in [0.29, 0.717) is 11.0 Å². The van der Waals surface area contributed by atoms with Gasteiger partial charge in [-0.15, -0.1) is 0 Å². The number of nitrogens with zero attached hydrogens (tertiary/aromatic N) is 3. The smallest absolute Gasteiger partial charge is 0.146 e. The molecule has 0 aliphatic carbocycles. The minimum Gasteiger partial charge on any atom is -0.505 e. The van der Waals surface area contributed by atoms with Gasteiger partial charge < -0.3 is 5.11 Å². The van der Waals surface area contributed by atoms with Crippen LogP contribution in [0.1, 0.15) is 23.9 Å². The number of hydrogen-bond donors (Lipinski definition) is 1. The molecule has 4 nitrogen and oxygen atoms in total. The molecule has 0 unspecified atom stereocenters. The van der Waals surface area contributed by atoms with E-state index < -0.39 is 5.82 Å². The monoisotopic (exact) mass is 335 g/mol. The van der Waals surface area contributed by atoms with Gasteiger partial charge in [-0.2, -0.15) is 0 Å². The number of rotatable bonds is 2. The summed E-state index contributed by atoms with van der Waals surface area (Å²) in [4.78, 5) is 9.33. The highest BCUT2D eigenvalue weighted by Crippen LogP contribution is 2.33. The summed E-state index contributed by atoms with van der Waals surface area (Å²) < 4.78 is 15.9. The van der Waals surface area contributed by atoms with Gasteiger partial charge in [0.05, 0.1) is 22.4 Å². The van der Waals surface area contributed by atoms with Gasteiger partial charge in [0, 0.05) is 17.7 Å². The molecule has 2 heterocycles. The Morgan fingerprint density at radius 3 is 2.60 bits per heavy atom. The van der Waals surface area contributed by atoms with Crippen LogP contribution in [0.4, 0.5) is 4.39 Å². The summed E-state index contributed by atoms with van der Waals surface area (Å²) in [6.45, 7) is 5.95. The lowest BCUT2D eigenvalue weighted by molar-refractivity contribution is 0.474. The molecule has 0 bridgehead atoms. The van der Waals surface area contributed by atoms with Crippen molar-refractivity contribution in [3.63, 3.8) is 0 Å². The number of phenolic OH excluding ortho intramolecular Hbond substituents is 1. The third kappa shape index (κ3) is 2.27. The van der Waals surface area contributed by atoms with Gasteiger partial charge in [0.15, 0.2) is 0 Å². The van der Waals surface area contributed by atoms with Gasteiger partial charge in [-0.1, -0.05) is 31.2 Å². The number of phenols is 1. The molecule has 4 rings (SSSR count).